The zero-order chi connectivity index (χ0) is 13.2. The van der Waals surface area contributed by atoms with E-state index in [1.165, 1.54) is 0 Å². The summed E-state index contributed by atoms with van der Waals surface area (Å²) in [5, 5.41) is 25.3. The lowest BCUT2D eigenvalue weighted by atomic mass is 9.62. The third-order valence-corrected chi connectivity index (χ3v) is 4.52. The molecule has 0 unspecified atom stereocenters. The molecule has 4 N–H and O–H groups in total. The maximum atomic E-state index is 11.4. The lowest BCUT2D eigenvalue weighted by molar-refractivity contribution is -0.142. The fraction of sp³-hybridized carbons (Fsp3) is 0.917. The van der Waals surface area contributed by atoms with Crippen LogP contribution in [-0.4, -0.2) is 48.2 Å². The Labute approximate surface area is 108 Å². The minimum Gasteiger partial charge on any atom is -0.480 e. The number of fused-ring (bicyclic) bond motifs is 1. The summed E-state index contributed by atoms with van der Waals surface area (Å²) in [6, 6.07) is -0.175. The van der Waals surface area contributed by atoms with E-state index in [1.54, 1.807) is 6.82 Å². The second kappa shape index (κ2) is 5.59. The number of nitrogens with one attached hydrogen (secondary N) is 2. The van der Waals surface area contributed by atoms with Crippen molar-refractivity contribution in [2.75, 3.05) is 13.1 Å². The van der Waals surface area contributed by atoms with E-state index in [4.69, 9.17) is 0 Å². The van der Waals surface area contributed by atoms with Gasteiger partial charge in [-0.3, -0.25) is 4.79 Å². The number of carboxylic acids is 1. The van der Waals surface area contributed by atoms with Gasteiger partial charge in [0, 0.05) is 18.0 Å². The molecule has 0 aromatic heterocycles. The van der Waals surface area contributed by atoms with E-state index in [2.05, 4.69) is 10.6 Å². The molecule has 0 spiro atoms. The van der Waals surface area contributed by atoms with Gasteiger partial charge in [0.2, 0.25) is 0 Å². The second-order valence-corrected chi connectivity index (χ2v) is 5.76. The first-order valence-electron chi connectivity index (χ1n) is 6.94. The molecule has 2 rings (SSSR count). The molecule has 0 bridgehead atoms. The zero-order valence-corrected chi connectivity index (χ0v) is 11.0. The molecule has 2 aliphatic rings. The number of aliphatic carboxylic acids is 1. The van der Waals surface area contributed by atoms with Crippen molar-refractivity contribution in [1.82, 2.24) is 10.6 Å². The van der Waals surface area contributed by atoms with Crippen LogP contribution in [0.25, 0.3) is 0 Å². The van der Waals surface area contributed by atoms with Crippen LogP contribution in [0.3, 0.4) is 0 Å². The zero-order valence-electron chi connectivity index (χ0n) is 11.0. The molecule has 0 aromatic carbocycles. The molecule has 5 nitrogen and oxygen atoms in total. The van der Waals surface area contributed by atoms with Gasteiger partial charge in [0.1, 0.15) is 6.04 Å². The van der Waals surface area contributed by atoms with Gasteiger partial charge in [-0.05, 0) is 32.1 Å². The summed E-state index contributed by atoms with van der Waals surface area (Å²) in [6.45, 7) is 3.22. The lowest BCUT2D eigenvalue weighted by Crippen LogP contribution is -2.54. The van der Waals surface area contributed by atoms with Crippen LogP contribution in [0.1, 0.15) is 25.7 Å². The van der Waals surface area contributed by atoms with E-state index in [1.807, 2.05) is 0 Å². The number of rotatable bonds is 5. The predicted molar refractivity (Wildman–Crippen MR) is 70.8 cm³/mol. The highest BCUT2D eigenvalue weighted by Gasteiger charge is 2.53. The van der Waals surface area contributed by atoms with Gasteiger partial charge in [0.15, 0.2) is 0 Å². The standard InChI is InChI=1S/C12H23BN2O3/c1-13(18)6-2-4-12-5-3-7-14-9(12)8-15-10(12)11(16)17/h9-10,14-15,18H,2-8H2,1H3,(H,16,17)/t9-,10+,12-/m0/s1. The molecule has 2 aliphatic heterocycles. The highest BCUT2D eigenvalue weighted by atomic mass is 16.4. The number of carboxylic acid groups (broad SMARTS) is 1. The summed E-state index contributed by atoms with van der Waals surface area (Å²) in [7, 11) is 0. The van der Waals surface area contributed by atoms with Crippen LogP contribution in [0.2, 0.25) is 13.1 Å². The van der Waals surface area contributed by atoms with Gasteiger partial charge < -0.3 is 20.8 Å². The summed E-state index contributed by atoms with van der Waals surface area (Å²) in [5.41, 5.74) is -0.168. The molecule has 0 saturated carbocycles. The number of hydrogen-bond acceptors (Lipinski definition) is 4. The Hall–Kier alpha value is -0.585. The molecule has 2 saturated heterocycles. The Morgan fingerprint density at radius 3 is 2.94 bits per heavy atom. The summed E-state index contributed by atoms with van der Waals surface area (Å²) in [6.07, 6.45) is 4.52. The van der Waals surface area contributed by atoms with Gasteiger partial charge >= 0.3 is 5.97 Å². The fourth-order valence-electron chi connectivity index (χ4n) is 3.63. The first kappa shape index (κ1) is 13.8. The van der Waals surface area contributed by atoms with Gasteiger partial charge in [-0.1, -0.05) is 13.2 Å². The average molecular weight is 254 g/mol. The van der Waals surface area contributed by atoms with E-state index in [0.717, 1.165) is 45.1 Å². The van der Waals surface area contributed by atoms with E-state index in [-0.39, 0.29) is 18.4 Å². The van der Waals surface area contributed by atoms with E-state index in [9.17, 15) is 14.9 Å². The van der Waals surface area contributed by atoms with Crippen molar-refractivity contribution in [3.05, 3.63) is 0 Å². The average Bonchev–Trinajstić information content (AvgIpc) is 2.67. The maximum absolute atomic E-state index is 11.4. The molecule has 0 amide bonds. The molecular formula is C12H23BN2O3. The number of piperidine rings is 1. The SMILES string of the molecule is CB(O)CCC[C@]12CCCN[C@H]1CN[C@@H]2C(=O)O. The predicted octanol–water partition coefficient (Wildman–Crippen LogP) is 0.175. The largest absolute Gasteiger partial charge is 0.480 e. The van der Waals surface area contributed by atoms with Gasteiger partial charge in [-0.2, -0.15) is 0 Å². The quantitative estimate of drug-likeness (QED) is 0.526. The maximum Gasteiger partial charge on any atom is 0.321 e. The third-order valence-electron chi connectivity index (χ3n) is 4.52. The highest BCUT2D eigenvalue weighted by molar-refractivity contribution is 6.48. The molecule has 3 atom stereocenters. The first-order chi connectivity index (χ1) is 8.56. The van der Waals surface area contributed by atoms with Crippen molar-refractivity contribution < 1.29 is 14.9 Å². The molecule has 0 aromatic rings. The van der Waals surface area contributed by atoms with Crippen molar-refractivity contribution in [2.45, 2.75) is 50.9 Å². The van der Waals surface area contributed by atoms with E-state index in [0.29, 0.717) is 0 Å². The third kappa shape index (κ3) is 2.55. The Morgan fingerprint density at radius 1 is 1.50 bits per heavy atom. The Kier molecular flexibility index (Phi) is 4.30. The summed E-state index contributed by atoms with van der Waals surface area (Å²) in [4.78, 5) is 11.4. The van der Waals surface area contributed by atoms with Crippen LogP contribution in [0.5, 0.6) is 0 Å². The molecule has 0 aliphatic carbocycles. The lowest BCUT2D eigenvalue weighted by Gasteiger charge is -2.42. The topological polar surface area (TPSA) is 81.6 Å². The van der Waals surface area contributed by atoms with Crippen molar-refractivity contribution >= 4 is 12.9 Å². The van der Waals surface area contributed by atoms with Crippen LogP contribution >= 0.6 is 0 Å². The van der Waals surface area contributed by atoms with Crippen molar-refractivity contribution in [2.24, 2.45) is 5.41 Å². The molecule has 6 heteroatoms. The smallest absolute Gasteiger partial charge is 0.321 e. The highest BCUT2D eigenvalue weighted by Crippen LogP contribution is 2.43. The van der Waals surface area contributed by atoms with E-state index >= 15 is 0 Å². The molecule has 0 radical (unpaired) electrons. The Balaban J connectivity index is 2.07. The number of hydrogen-bond donors (Lipinski definition) is 4. The van der Waals surface area contributed by atoms with Gasteiger partial charge in [-0.15, -0.1) is 0 Å². The Bertz CT molecular complexity index is 314. The normalized spacial score (nSPS) is 35.2. The number of carbonyl (C=O) groups is 1. The summed E-state index contributed by atoms with van der Waals surface area (Å²) >= 11 is 0. The van der Waals surface area contributed by atoms with Crippen LogP contribution in [0.4, 0.5) is 0 Å². The minimum absolute atomic E-state index is 0.168. The second-order valence-electron chi connectivity index (χ2n) is 5.76. The molecule has 2 fully saturated rings. The molecule has 18 heavy (non-hydrogen) atoms. The molecule has 2 heterocycles. The van der Waals surface area contributed by atoms with Crippen LogP contribution in [0, 0.1) is 5.41 Å². The molecular weight excluding hydrogens is 231 g/mol. The van der Waals surface area contributed by atoms with Crippen LogP contribution < -0.4 is 10.6 Å². The summed E-state index contributed by atoms with van der Waals surface area (Å²) in [5.74, 6) is -0.738. The molecule has 102 valence electrons. The van der Waals surface area contributed by atoms with Gasteiger partial charge in [-0.25, -0.2) is 0 Å². The minimum atomic E-state index is -0.738. The van der Waals surface area contributed by atoms with Crippen molar-refractivity contribution in [3.8, 4) is 0 Å². The van der Waals surface area contributed by atoms with Crippen LogP contribution in [-0.2, 0) is 4.79 Å². The van der Waals surface area contributed by atoms with Crippen LogP contribution in [0.15, 0.2) is 0 Å². The monoisotopic (exact) mass is 254 g/mol. The Morgan fingerprint density at radius 2 is 2.28 bits per heavy atom. The van der Waals surface area contributed by atoms with Gasteiger partial charge in [0.25, 0.3) is 6.92 Å². The summed E-state index contributed by atoms with van der Waals surface area (Å²) < 4.78 is 0. The van der Waals surface area contributed by atoms with Crippen molar-refractivity contribution in [1.29, 1.82) is 0 Å². The van der Waals surface area contributed by atoms with Gasteiger partial charge in [0.05, 0.1) is 0 Å². The fourth-order valence-corrected chi connectivity index (χ4v) is 3.63. The van der Waals surface area contributed by atoms with Crippen molar-refractivity contribution in [3.63, 3.8) is 0 Å². The van der Waals surface area contributed by atoms with E-state index < -0.39 is 12.0 Å². The first-order valence-corrected chi connectivity index (χ1v) is 6.94.